The molecular weight excluding hydrogens is 1150 g/mol. The molecule has 8 N–H and O–H groups in total. The number of quaternary nitrogens is 2. The Bertz CT molecular complexity index is 2950. The molecule has 10 rings (SSSR count). The molecule has 6 heterocycles. The van der Waals surface area contributed by atoms with Crippen molar-refractivity contribution in [3.05, 3.63) is 85.2 Å². The number of rotatable bonds is 18. The van der Waals surface area contributed by atoms with Crippen LogP contribution in [0.1, 0.15) is 83.2 Å². The number of morpholine rings is 2. The minimum absolute atomic E-state index is 0. The summed E-state index contributed by atoms with van der Waals surface area (Å²) in [4.78, 5) is 24.1. The van der Waals surface area contributed by atoms with Crippen LogP contribution in [0.3, 0.4) is 0 Å². The molecule has 3 fully saturated rings. The molecule has 2 unspecified atom stereocenters. The van der Waals surface area contributed by atoms with Gasteiger partial charge < -0.3 is 59.7 Å². The summed E-state index contributed by atoms with van der Waals surface area (Å²) < 4.78 is 81.5. The van der Waals surface area contributed by atoms with Crippen molar-refractivity contribution in [2.45, 2.75) is 92.2 Å². The smallest absolute Gasteiger partial charge is 0.272 e. The SMILES string of the molecule is COc1ccc(CNc2nc(CS(=O)(=O)O)nc3sc4c(c23)CCCC4)cc1Cl.COc1ccc(C[NH2+]c2nc(CS(=O)(=O)NCC[NH+]3CCOCC3)nc3c2C2CCCCC2S3)cc1Cl.NCCN1CCOCC1.[Cl-].[Cl-]. The number of hydrogen-bond acceptors (Lipinski definition) is 17. The van der Waals surface area contributed by atoms with Gasteiger partial charge in [0.15, 0.2) is 5.82 Å². The summed E-state index contributed by atoms with van der Waals surface area (Å²) in [6.45, 7) is 11.2. The highest BCUT2D eigenvalue weighted by Crippen LogP contribution is 2.52. The number of ether oxygens (including phenoxy) is 4. The number of benzene rings is 2. The maximum Gasteiger partial charge on any atom is 0.272 e. The van der Waals surface area contributed by atoms with Crippen LogP contribution < -0.4 is 60.3 Å². The Labute approximate surface area is 482 Å². The van der Waals surface area contributed by atoms with E-state index >= 15 is 0 Å². The van der Waals surface area contributed by atoms with Gasteiger partial charge in [-0.2, -0.15) is 13.4 Å². The Morgan fingerprint density at radius 1 is 0.857 bits per heavy atom. The van der Waals surface area contributed by atoms with E-state index < -0.39 is 25.9 Å². The van der Waals surface area contributed by atoms with Crippen LogP contribution in [0.4, 0.5) is 11.6 Å². The minimum Gasteiger partial charge on any atom is -1.00 e. The predicted octanol–water partition coefficient (Wildman–Crippen LogP) is -1.48. The van der Waals surface area contributed by atoms with Crippen LogP contribution in [0.15, 0.2) is 41.4 Å². The Kier molecular flexibility index (Phi) is 24.8. The lowest BCUT2D eigenvalue weighted by Crippen LogP contribution is -3.14. The number of hydrogen-bond donors (Lipinski definition) is 6. The van der Waals surface area contributed by atoms with Crippen LogP contribution >= 0.6 is 46.3 Å². The van der Waals surface area contributed by atoms with Crippen molar-refractivity contribution in [3.8, 4) is 11.5 Å². The zero-order valence-corrected chi connectivity index (χ0v) is 49.6. The van der Waals surface area contributed by atoms with Crippen molar-refractivity contribution in [2.24, 2.45) is 5.73 Å². The van der Waals surface area contributed by atoms with E-state index in [9.17, 15) is 21.4 Å². The van der Waals surface area contributed by atoms with Crippen molar-refractivity contribution in [1.29, 1.82) is 0 Å². The molecule has 0 radical (unpaired) electrons. The Balaban J connectivity index is 0.000000214. The molecule has 426 valence electrons. The quantitative estimate of drug-likeness (QED) is 0.0433. The number of halogens is 4. The largest absolute Gasteiger partial charge is 1.00 e. The first-order valence-electron chi connectivity index (χ1n) is 25.6. The van der Waals surface area contributed by atoms with Crippen molar-refractivity contribution in [1.82, 2.24) is 29.6 Å². The number of methoxy groups -OCH3 is 2. The van der Waals surface area contributed by atoms with Crippen LogP contribution in [0.5, 0.6) is 11.5 Å². The summed E-state index contributed by atoms with van der Waals surface area (Å²) in [6, 6.07) is 11.3. The second kappa shape index (κ2) is 30.2. The third-order valence-electron chi connectivity index (χ3n) is 13.8. The standard InChI is InChI=1S/C25H34ClN5O4S2.C19H20ClN3O4S2.C6H14N2O.2ClH/c1-34-20-7-6-17(14-19(20)26)15-27-24-23-18-4-2-3-5-21(18)36-25(23)30-22(29-24)16-37(32,33)28-8-9-31-10-12-35-13-11-31;1-27-14-7-6-11(8-13(14)20)9-21-18-17-12-4-2-3-5-15(12)28-19(17)23-16(22-18)10-29(24,25)26;7-1-2-8-3-5-9-6-4-8;;/h6-7,14,18,21,28H,2-5,8-13,15-16H2,1H3,(H,27,29,30);6-8H,2-5,9-10H2,1H3,(H,21,22,23)(H,24,25,26);1-7H2;2*1H. The fourth-order valence-electron chi connectivity index (χ4n) is 10.0. The molecule has 5 aromatic rings. The second-order valence-corrected chi connectivity index (χ2v) is 25.5. The Morgan fingerprint density at radius 3 is 2.21 bits per heavy atom. The molecule has 0 spiro atoms. The first kappa shape index (κ1) is 63.2. The van der Waals surface area contributed by atoms with Gasteiger partial charge in [0.25, 0.3) is 10.1 Å². The number of nitrogens with two attached hydrogens (primary N) is 2. The lowest BCUT2D eigenvalue weighted by Gasteiger charge is -2.25. The third-order valence-corrected chi connectivity index (χ3v) is 18.9. The molecule has 5 aliphatic rings. The normalized spacial score (nSPS) is 18.5. The van der Waals surface area contributed by atoms with Crippen molar-refractivity contribution >= 4 is 88.3 Å². The zero-order valence-electron chi connectivity index (χ0n) is 43.3. The van der Waals surface area contributed by atoms with E-state index in [0.717, 1.165) is 143 Å². The number of nitrogens with zero attached hydrogens (tertiary/aromatic N) is 5. The third kappa shape index (κ3) is 18.0. The molecule has 2 saturated heterocycles. The van der Waals surface area contributed by atoms with Crippen LogP contribution in [-0.2, 0) is 67.1 Å². The molecule has 27 heteroatoms. The van der Waals surface area contributed by atoms with Gasteiger partial charge in [-0.1, -0.05) is 42.1 Å². The summed E-state index contributed by atoms with van der Waals surface area (Å²) in [6.07, 6.45) is 8.94. The van der Waals surface area contributed by atoms with E-state index in [4.69, 9.17) is 57.9 Å². The highest BCUT2D eigenvalue weighted by atomic mass is 35.5. The van der Waals surface area contributed by atoms with Gasteiger partial charge in [-0.25, -0.2) is 28.1 Å². The highest BCUT2D eigenvalue weighted by Gasteiger charge is 2.41. The maximum atomic E-state index is 12.9. The predicted molar refractivity (Wildman–Crippen MR) is 294 cm³/mol. The molecule has 0 bridgehead atoms. The number of sulfonamides is 1. The molecule has 2 aliphatic carbocycles. The lowest BCUT2D eigenvalue weighted by atomic mass is 9.84. The fourth-order valence-corrected chi connectivity index (χ4v) is 14.8. The highest BCUT2D eigenvalue weighted by molar-refractivity contribution is 8.00. The number of anilines is 1. The summed E-state index contributed by atoms with van der Waals surface area (Å²) in [7, 11) is -4.61. The molecule has 2 atom stereocenters. The van der Waals surface area contributed by atoms with Gasteiger partial charge in [0.05, 0.1) is 74.7 Å². The van der Waals surface area contributed by atoms with Crippen LogP contribution in [-0.4, -0.2) is 144 Å². The average Bonchev–Trinajstić information content (AvgIpc) is 3.97. The van der Waals surface area contributed by atoms with Gasteiger partial charge in [0, 0.05) is 54.3 Å². The summed E-state index contributed by atoms with van der Waals surface area (Å²) in [5, 5.41) is 8.90. The zero-order chi connectivity index (χ0) is 53.0. The van der Waals surface area contributed by atoms with E-state index in [1.54, 1.807) is 43.4 Å². The van der Waals surface area contributed by atoms with Crippen molar-refractivity contribution in [3.63, 3.8) is 0 Å². The Hall–Kier alpha value is -2.95. The van der Waals surface area contributed by atoms with E-state index in [1.165, 1.54) is 33.7 Å². The molecule has 3 aromatic heterocycles. The maximum absolute atomic E-state index is 12.9. The van der Waals surface area contributed by atoms with E-state index in [0.29, 0.717) is 64.0 Å². The van der Waals surface area contributed by atoms with Gasteiger partial charge in [-0.05, 0) is 80.0 Å². The first-order valence-corrected chi connectivity index (χ1v) is 31.3. The van der Waals surface area contributed by atoms with E-state index in [2.05, 4.69) is 30.2 Å². The van der Waals surface area contributed by atoms with E-state index in [1.807, 2.05) is 30.3 Å². The number of aryl methyl sites for hydroxylation is 2. The van der Waals surface area contributed by atoms with Gasteiger partial charge in [-0.3, -0.25) is 14.8 Å². The van der Waals surface area contributed by atoms with Crippen LogP contribution in [0.25, 0.3) is 10.2 Å². The van der Waals surface area contributed by atoms with Crippen molar-refractivity contribution in [2.75, 3.05) is 98.3 Å². The average molecular weight is 1230 g/mol. The molecule has 1 saturated carbocycles. The van der Waals surface area contributed by atoms with Crippen LogP contribution in [0.2, 0.25) is 10.0 Å². The summed E-state index contributed by atoms with van der Waals surface area (Å²) in [5.74, 6) is 2.72. The number of aromatic nitrogens is 4. The molecule has 77 heavy (non-hydrogen) atoms. The number of thioether (sulfide) groups is 1. The number of nitrogens with one attached hydrogen (secondary N) is 3. The van der Waals surface area contributed by atoms with Gasteiger partial charge >= 0.3 is 0 Å². The topological polar surface area (TPSA) is 251 Å². The fraction of sp³-hybridized carbons (Fsp3) is 0.560. The van der Waals surface area contributed by atoms with Gasteiger partial charge in [0.2, 0.25) is 15.8 Å². The minimum atomic E-state index is -4.22. The Morgan fingerprint density at radius 2 is 1.52 bits per heavy atom. The van der Waals surface area contributed by atoms with Crippen LogP contribution in [0, 0.1) is 0 Å². The summed E-state index contributed by atoms with van der Waals surface area (Å²) in [5.41, 5.74) is 9.79. The first-order chi connectivity index (χ1) is 36.2. The lowest BCUT2D eigenvalue weighted by molar-refractivity contribution is -0.906. The van der Waals surface area contributed by atoms with Gasteiger partial charge in [-0.15, -0.1) is 23.1 Å². The number of fused-ring (bicyclic) bond motifs is 6. The molecule has 0 amide bonds. The summed E-state index contributed by atoms with van der Waals surface area (Å²) >= 11 is 15.9. The monoisotopic (exact) mass is 1220 g/mol. The number of thiophene rings is 1. The molecule has 3 aliphatic heterocycles. The molecule has 2 aromatic carbocycles. The van der Waals surface area contributed by atoms with E-state index in [-0.39, 0.29) is 36.4 Å². The van der Waals surface area contributed by atoms with Gasteiger partial charge in [0.1, 0.15) is 64.1 Å². The second-order valence-electron chi connectivity index (χ2n) is 19.1. The molecule has 19 nitrogen and oxygen atoms in total. The molecular formula is C50H70Cl4N10O9S4. The van der Waals surface area contributed by atoms with Crippen molar-refractivity contribution < 1.29 is 75.4 Å².